The van der Waals surface area contributed by atoms with Crippen LogP contribution in [0.4, 0.5) is 0 Å². The Hall–Kier alpha value is -5.55. The zero-order valence-corrected chi connectivity index (χ0v) is 46.9. The highest BCUT2D eigenvalue weighted by Gasteiger charge is 2.02. The molecule has 0 fully saturated rings. The minimum Gasteiger partial charge on any atom is -0.446 e. The highest BCUT2D eigenvalue weighted by molar-refractivity contribution is 7.11. The van der Waals surface area contributed by atoms with Crippen molar-refractivity contribution in [3.63, 3.8) is 0 Å². The second-order valence-electron chi connectivity index (χ2n) is 14.7. The quantitative estimate of drug-likeness (QED) is 0.141. The summed E-state index contributed by atoms with van der Waals surface area (Å²) in [6.45, 7) is 45.6. The van der Waals surface area contributed by atoms with Gasteiger partial charge in [0.15, 0.2) is 5.89 Å². The summed E-state index contributed by atoms with van der Waals surface area (Å²) >= 11 is 3.52. The molecule has 8 heterocycles. The van der Waals surface area contributed by atoms with Crippen LogP contribution in [-0.4, -0.2) is 59.8 Å². The molecule has 66 heavy (non-hydrogen) atoms. The molecule has 0 aliphatic heterocycles. The van der Waals surface area contributed by atoms with Gasteiger partial charge in [0.25, 0.3) is 0 Å². The molecule has 368 valence electrons. The van der Waals surface area contributed by atoms with Gasteiger partial charge in [-0.15, -0.1) is 22.7 Å². The van der Waals surface area contributed by atoms with Crippen LogP contribution in [0.25, 0.3) is 0 Å². The predicted octanol–water partition coefficient (Wildman–Crippen LogP) is 12.9. The Labute approximate surface area is 404 Å². The lowest BCUT2D eigenvalue weighted by Gasteiger charge is -1.80. The van der Waals surface area contributed by atoms with Crippen LogP contribution in [0.2, 0.25) is 0 Å². The Morgan fingerprint density at radius 2 is 0.894 bits per heavy atom. The summed E-state index contributed by atoms with van der Waals surface area (Å²) in [5.41, 5.74) is 11.9. The first-order valence-corrected chi connectivity index (χ1v) is 23.7. The summed E-state index contributed by atoms with van der Waals surface area (Å²) in [5, 5.41) is 25.8. The van der Waals surface area contributed by atoms with E-state index < -0.39 is 0 Å². The van der Waals surface area contributed by atoms with Gasteiger partial charge in [0.1, 0.15) is 17.3 Å². The summed E-state index contributed by atoms with van der Waals surface area (Å²) < 4.78 is 18.4. The number of hydrogen-bond donors (Lipinski definition) is 0. The molecule has 0 amide bonds. The van der Waals surface area contributed by atoms with Crippen molar-refractivity contribution in [2.24, 2.45) is 21.1 Å². The van der Waals surface area contributed by atoms with Gasteiger partial charge in [0.05, 0.1) is 61.8 Å². The fourth-order valence-electron chi connectivity index (χ4n) is 4.63. The van der Waals surface area contributed by atoms with E-state index in [9.17, 15) is 0 Å². The Morgan fingerprint density at radius 3 is 0.985 bits per heavy atom. The van der Waals surface area contributed by atoms with Gasteiger partial charge in [-0.3, -0.25) is 9.36 Å². The van der Waals surface area contributed by atoms with Gasteiger partial charge in [-0.2, -0.15) is 25.2 Å². The number of oxazole rings is 1. The first-order chi connectivity index (χ1) is 30.8. The monoisotopic (exact) mass is 951 g/mol. The lowest BCUT2D eigenvalue weighted by molar-refractivity contribution is 0.392. The molecule has 8 aromatic heterocycles. The number of aryl methyl sites for hydroxylation is 20. The van der Waals surface area contributed by atoms with Crippen molar-refractivity contribution in [1.29, 1.82) is 0 Å². The molecule has 0 aromatic carbocycles. The molecule has 8 rings (SSSR count). The van der Waals surface area contributed by atoms with Crippen molar-refractivity contribution in [3.05, 3.63) is 130 Å². The zero-order chi connectivity index (χ0) is 51.4. The van der Waals surface area contributed by atoms with Crippen molar-refractivity contribution in [2.75, 3.05) is 0 Å². The minimum absolute atomic E-state index is 0.750. The Balaban J connectivity index is 0. The SMILES string of the molecule is CC.CC.Cc1ccn(C)n1.Cc1cnn(C)c1.Cc1nc(C)c(C)o1.Cc1nc(C)c(C)s1.Cc1nc(C)c(C)s1.Cc1nn(C)nc1C.Cc1noc(C)c1C.Cc1noc(C)c1C. The van der Waals surface area contributed by atoms with Crippen molar-refractivity contribution in [1.82, 2.24) is 59.8 Å². The standard InChI is InChI=1S/3C6H9NO.2C6H9NS.C5H9N3.2C5H8N2.2C2H6/c1-4-5(2)8-6(3)7-4;2*1-4-5(2)7-8-6(4)3;2*1-4-5(2)8-6(3)7-4;1-4-5(2)7-8(3)6-4;1-5-3-6-7(2)4-5;1-5-3-4-7(2)6-5;2*1-2/h6*1-3H3;2*3-4H,1-2H3;2*1-2H3. The van der Waals surface area contributed by atoms with E-state index in [0.29, 0.717) is 0 Å². The molecule has 0 radical (unpaired) electrons. The number of aromatic nitrogens is 12. The topological polar surface area (TPSA) is 170 Å². The highest BCUT2D eigenvalue weighted by atomic mass is 32.1. The summed E-state index contributed by atoms with van der Waals surface area (Å²) in [6, 6.07) is 1.97. The molecule has 15 nitrogen and oxygen atoms in total. The van der Waals surface area contributed by atoms with Crippen LogP contribution in [0.15, 0.2) is 38.1 Å². The van der Waals surface area contributed by atoms with E-state index in [2.05, 4.69) is 59.5 Å². The van der Waals surface area contributed by atoms with Crippen LogP contribution in [-0.2, 0) is 21.1 Å². The van der Waals surface area contributed by atoms with Gasteiger partial charge >= 0.3 is 0 Å². The van der Waals surface area contributed by atoms with E-state index in [1.165, 1.54) is 36.7 Å². The molecule has 17 heteroatoms. The highest BCUT2D eigenvalue weighted by Crippen LogP contribution is 2.15. The average Bonchev–Trinajstić information content (AvgIpc) is 4.16. The fourth-order valence-corrected chi connectivity index (χ4v) is 6.27. The number of hydrogen-bond acceptors (Lipinski definition) is 14. The van der Waals surface area contributed by atoms with Crippen LogP contribution in [0, 0.1) is 132 Å². The zero-order valence-electron chi connectivity index (χ0n) is 45.2. The normalized spacial score (nSPS) is 9.36. The maximum Gasteiger partial charge on any atom is 0.191 e. The molecule has 0 spiro atoms. The Morgan fingerprint density at radius 1 is 0.470 bits per heavy atom. The van der Waals surface area contributed by atoms with E-state index in [1.54, 1.807) is 36.8 Å². The largest absolute Gasteiger partial charge is 0.446 e. The van der Waals surface area contributed by atoms with Gasteiger partial charge in [0, 0.05) is 61.3 Å². The van der Waals surface area contributed by atoms with Gasteiger partial charge < -0.3 is 13.5 Å². The van der Waals surface area contributed by atoms with Crippen molar-refractivity contribution in [3.8, 4) is 0 Å². The van der Waals surface area contributed by atoms with E-state index >= 15 is 0 Å². The third-order valence-corrected chi connectivity index (χ3v) is 11.0. The second-order valence-corrected chi connectivity index (χ2v) is 17.5. The van der Waals surface area contributed by atoms with E-state index in [4.69, 9.17) is 13.5 Å². The summed E-state index contributed by atoms with van der Waals surface area (Å²) in [5.74, 6) is 3.51. The van der Waals surface area contributed by atoms with Gasteiger partial charge in [-0.1, -0.05) is 38.0 Å². The third kappa shape index (κ3) is 25.8. The molecule has 0 aliphatic carbocycles. The third-order valence-electron chi connectivity index (χ3n) is 8.98. The predicted molar refractivity (Wildman–Crippen MR) is 274 cm³/mol. The smallest absolute Gasteiger partial charge is 0.191 e. The van der Waals surface area contributed by atoms with Crippen molar-refractivity contribution < 1.29 is 13.5 Å². The van der Waals surface area contributed by atoms with Crippen LogP contribution in [0.3, 0.4) is 0 Å². The van der Waals surface area contributed by atoms with E-state index in [0.717, 1.165) is 68.5 Å². The molecule has 0 bridgehead atoms. The number of rotatable bonds is 0. The molecule has 0 atom stereocenters. The fraction of sp³-hybridized carbons (Fsp3) is 0.531. The van der Waals surface area contributed by atoms with Gasteiger partial charge in [0.2, 0.25) is 0 Å². The molecular weight excluding hydrogens is 869 g/mol. The lowest BCUT2D eigenvalue weighted by Crippen LogP contribution is -1.91. The van der Waals surface area contributed by atoms with Crippen LogP contribution < -0.4 is 0 Å². The van der Waals surface area contributed by atoms with E-state index in [1.807, 2.05) is 191 Å². The average molecular weight is 951 g/mol. The number of thiazole rings is 2. The van der Waals surface area contributed by atoms with Crippen LogP contribution >= 0.6 is 22.7 Å². The summed E-state index contributed by atoms with van der Waals surface area (Å²) in [4.78, 5) is 16.7. The first-order valence-electron chi connectivity index (χ1n) is 22.1. The number of nitrogens with zero attached hydrogens (tertiary/aromatic N) is 12. The van der Waals surface area contributed by atoms with Crippen LogP contribution in [0.1, 0.15) is 133 Å². The van der Waals surface area contributed by atoms with Crippen molar-refractivity contribution in [2.45, 2.75) is 159 Å². The molecule has 0 aliphatic rings. The molecule has 8 aromatic rings. The van der Waals surface area contributed by atoms with Crippen LogP contribution in [0.5, 0.6) is 0 Å². The van der Waals surface area contributed by atoms with Gasteiger partial charge in [-0.25, -0.2) is 15.0 Å². The minimum atomic E-state index is 0.750. The second kappa shape index (κ2) is 33.0. The molecule has 0 saturated carbocycles. The maximum atomic E-state index is 5.10. The molecule has 0 unspecified atom stereocenters. The van der Waals surface area contributed by atoms with Gasteiger partial charge in [-0.05, 0) is 136 Å². The summed E-state index contributed by atoms with van der Waals surface area (Å²) in [7, 11) is 5.64. The molecule has 0 saturated heterocycles. The Kier molecular flexibility index (Phi) is 31.3. The summed E-state index contributed by atoms with van der Waals surface area (Å²) in [6.07, 6.45) is 5.73. The first kappa shape index (κ1) is 62.5. The molecule has 0 N–H and O–H groups in total. The van der Waals surface area contributed by atoms with Crippen molar-refractivity contribution >= 4 is 22.7 Å². The Bertz CT molecular complexity index is 2080. The maximum absolute atomic E-state index is 5.10. The lowest BCUT2D eigenvalue weighted by atomic mass is 10.2. The molecular formula is C49H82N12O3S2. The van der Waals surface area contributed by atoms with E-state index in [-0.39, 0.29) is 0 Å².